The van der Waals surface area contributed by atoms with E-state index in [1.165, 1.54) is 17.0 Å². The molecule has 10 heteroatoms. The molecule has 1 N–H and O–H groups in total. The third kappa shape index (κ3) is 7.53. The molecule has 39 heavy (non-hydrogen) atoms. The molecule has 3 rings (SSSR count). The third-order valence-electron chi connectivity index (χ3n) is 6.19. The van der Waals surface area contributed by atoms with Gasteiger partial charge in [-0.2, -0.15) is 0 Å². The molecule has 208 valence electrons. The van der Waals surface area contributed by atoms with E-state index in [-0.39, 0.29) is 23.4 Å². The fourth-order valence-electron chi connectivity index (χ4n) is 4.11. The van der Waals surface area contributed by atoms with Gasteiger partial charge in [-0.05, 0) is 68.7 Å². The van der Waals surface area contributed by atoms with Crippen molar-refractivity contribution in [1.82, 2.24) is 10.2 Å². The lowest BCUT2D eigenvalue weighted by Crippen LogP contribution is -2.52. The summed E-state index contributed by atoms with van der Waals surface area (Å²) in [7, 11) is -4.12. The van der Waals surface area contributed by atoms with Gasteiger partial charge in [-0.15, -0.1) is 0 Å². The van der Waals surface area contributed by atoms with E-state index in [0.29, 0.717) is 27.7 Å². The molecule has 0 saturated heterocycles. The predicted octanol–water partition coefficient (Wildman–Crippen LogP) is 5.69. The van der Waals surface area contributed by atoms with E-state index in [9.17, 15) is 18.0 Å². The van der Waals surface area contributed by atoms with Crippen LogP contribution in [-0.4, -0.2) is 43.8 Å². The Morgan fingerprint density at radius 1 is 0.897 bits per heavy atom. The number of sulfonamides is 1. The van der Waals surface area contributed by atoms with Crippen molar-refractivity contribution in [3.63, 3.8) is 0 Å². The van der Waals surface area contributed by atoms with Crippen LogP contribution in [0.4, 0.5) is 5.69 Å². The second-order valence-corrected chi connectivity index (χ2v) is 12.1. The summed E-state index contributed by atoms with van der Waals surface area (Å²) in [6, 6.07) is 19.0. The van der Waals surface area contributed by atoms with E-state index in [0.717, 1.165) is 9.87 Å². The highest BCUT2D eigenvalue weighted by Crippen LogP contribution is 2.29. The van der Waals surface area contributed by atoms with Crippen molar-refractivity contribution in [3.8, 4) is 0 Å². The maximum atomic E-state index is 14.0. The molecule has 2 amide bonds. The average Bonchev–Trinajstić information content (AvgIpc) is 2.91. The van der Waals surface area contributed by atoms with Crippen LogP contribution in [0.15, 0.2) is 77.7 Å². The number of anilines is 1. The minimum Gasteiger partial charge on any atom is -0.352 e. The summed E-state index contributed by atoms with van der Waals surface area (Å²) in [6.07, 6.45) is 0.561. The number of benzene rings is 3. The van der Waals surface area contributed by atoms with Crippen molar-refractivity contribution in [3.05, 3.63) is 94.0 Å². The number of amides is 2. The van der Waals surface area contributed by atoms with Gasteiger partial charge in [0.1, 0.15) is 12.6 Å². The number of carbonyl (C=O) groups excluding carboxylic acids is 2. The Morgan fingerprint density at radius 2 is 1.54 bits per heavy atom. The van der Waals surface area contributed by atoms with Crippen LogP contribution in [0, 0.1) is 0 Å². The van der Waals surface area contributed by atoms with Crippen molar-refractivity contribution < 1.29 is 18.0 Å². The highest BCUT2D eigenvalue weighted by molar-refractivity contribution is 7.92. The van der Waals surface area contributed by atoms with Gasteiger partial charge in [-0.1, -0.05) is 72.6 Å². The molecular weight excluding hydrogens is 557 g/mol. The molecule has 3 aromatic rings. The molecule has 0 heterocycles. The second kappa shape index (κ2) is 13.3. The summed E-state index contributed by atoms with van der Waals surface area (Å²) in [6.45, 7) is 6.70. The van der Waals surface area contributed by atoms with Gasteiger partial charge in [-0.25, -0.2) is 8.42 Å². The maximum Gasteiger partial charge on any atom is 0.264 e. The lowest BCUT2D eigenvalue weighted by molar-refractivity contribution is -0.139. The Balaban J connectivity index is 2.07. The molecule has 0 aliphatic rings. The van der Waals surface area contributed by atoms with Gasteiger partial charge in [0, 0.05) is 12.6 Å². The van der Waals surface area contributed by atoms with E-state index in [4.69, 9.17) is 23.2 Å². The normalized spacial score (nSPS) is 12.2. The number of halogens is 2. The summed E-state index contributed by atoms with van der Waals surface area (Å²) in [5, 5.41) is 3.50. The smallest absolute Gasteiger partial charge is 0.264 e. The van der Waals surface area contributed by atoms with E-state index < -0.39 is 28.5 Å². The molecule has 7 nitrogen and oxygen atoms in total. The van der Waals surface area contributed by atoms with Crippen molar-refractivity contribution in [2.45, 2.75) is 57.6 Å². The number of nitrogens with zero attached hydrogens (tertiary/aromatic N) is 2. The van der Waals surface area contributed by atoms with Crippen molar-refractivity contribution in [2.75, 3.05) is 10.8 Å². The highest BCUT2D eigenvalue weighted by Gasteiger charge is 2.33. The van der Waals surface area contributed by atoms with Crippen LogP contribution in [0.5, 0.6) is 0 Å². The molecule has 0 spiro atoms. The minimum atomic E-state index is -4.12. The van der Waals surface area contributed by atoms with E-state index >= 15 is 0 Å². The summed E-state index contributed by atoms with van der Waals surface area (Å²) >= 11 is 12.3. The predicted molar refractivity (Wildman–Crippen MR) is 157 cm³/mol. The number of hydrogen-bond donors (Lipinski definition) is 1. The SMILES string of the molecule is CCc1ccccc1N(CC(=O)N(Cc1ccc(Cl)c(Cl)c1)[C@@H](C)C(=O)NC(C)C)S(=O)(=O)c1ccccc1. The van der Waals surface area contributed by atoms with Crippen LogP contribution >= 0.6 is 23.2 Å². The van der Waals surface area contributed by atoms with E-state index in [1.807, 2.05) is 32.9 Å². The average molecular weight is 591 g/mol. The maximum absolute atomic E-state index is 14.0. The lowest BCUT2D eigenvalue weighted by Gasteiger charge is -2.33. The monoisotopic (exact) mass is 589 g/mol. The van der Waals surface area contributed by atoms with Crippen molar-refractivity contribution in [2.24, 2.45) is 0 Å². The number of nitrogens with one attached hydrogen (secondary N) is 1. The summed E-state index contributed by atoms with van der Waals surface area (Å²) in [5.41, 5.74) is 1.82. The number of hydrogen-bond acceptors (Lipinski definition) is 4. The number of aryl methyl sites for hydroxylation is 1. The number of para-hydroxylation sites is 1. The van der Waals surface area contributed by atoms with Gasteiger partial charge < -0.3 is 10.2 Å². The molecule has 0 aliphatic heterocycles. The van der Waals surface area contributed by atoms with Crippen molar-refractivity contribution in [1.29, 1.82) is 0 Å². The molecule has 0 saturated carbocycles. The topological polar surface area (TPSA) is 86.8 Å². The van der Waals surface area contributed by atoms with Crippen LogP contribution in [0.3, 0.4) is 0 Å². The Labute approximate surface area is 240 Å². The van der Waals surface area contributed by atoms with Crippen LogP contribution in [0.1, 0.15) is 38.8 Å². The molecule has 1 atom stereocenters. The van der Waals surface area contributed by atoms with Gasteiger partial charge in [0.05, 0.1) is 20.6 Å². The highest BCUT2D eigenvalue weighted by atomic mass is 35.5. The second-order valence-electron chi connectivity index (χ2n) is 9.42. The van der Waals surface area contributed by atoms with Gasteiger partial charge in [0.2, 0.25) is 11.8 Å². The molecule has 0 unspecified atom stereocenters. The summed E-state index contributed by atoms with van der Waals surface area (Å²) in [4.78, 5) is 28.4. The largest absolute Gasteiger partial charge is 0.352 e. The van der Waals surface area contributed by atoms with Crippen LogP contribution < -0.4 is 9.62 Å². The van der Waals surface area contributed by atoms with E-state index in [1.54, 1.807) is 55.5 Å². The first kappa shape index (κ1) is 30.5. The Kier molecular flexibility index (Phi) is 10.4. The molecular formula is C29H33Cl2N3O4S. The number of carbonyl (C=O) groups is 2. The Hall–Kier alpha value is -3.07. The zero-order valence-electron chi connectivity index (χ0n) is 22.4. The first-order chi connectivity index (χ1) is 18.4. The molecule has 0 aliphatic carbocycles. The van der Waals surface area contributed by atoms with Gasteiger partial charge in [-0.3, -0.25) is 13.9 Å². The minimum absolute atomic E-state index is 0.0249. The standard InChI is InChI=1S/C29H33Cl2N3O4S/c1-5-23-11-9-10-14-27(23)34(39(37,38)24-12-7-6-8-13-24)19-28(35)33(21(4)29(36)32-20(2)3)18-22-15-16-25(30)26(31)17-22/h6-17,20-21H,5,18-19H2,1-4H3,(H,32,36)/t21-/m0/s1. The lowest BCUT2D eigenvalue weighted by atomic mass is 10.1. The Bertz CT molecular complexity index is 1420. The molecule has 3 aromatic carbocycles. The zero-order chi connectivity index (χ0) is 28.7. The van der Waals surface area contributed by atoms with Crippen LogP contribution in [0.2, 0.25) is 10.0 Å². The molecule has 0 bridgehead atoms. The molecule has 0 radical (unpaired) electrons. The quantitative estimate of drug-likeness (QED) is 0.311. The van der Waals surface area contributed by atoms with Crippen molar-refractivity contribution >= 4 is 50.7 Å². The van der Waals surface area contributed by atoms with Gasteiger partial charge in [0.25, 0.3) is 10.0 Å². The first-order valence-corrected chi connectivity index (χ1v) is 14.8. The summed E-state index contributed by atoms with van der Waals surface area (Å²) < 4.78 is 28.9. The van der Waals surface area contributed by atoms with Gasteiger partial charge >= 0.3 is 0 Å². The fourth-order valence-corrected chi connectivity index (χ4v) is 5.90. The van der Waals surface area contributed by atoms with E-state index in [2.05, 4.69) is 5.32 Å². The summed E-state index contributed by atoms with van der Waals surface area (Å²) in [5.74, 6) is -0.900. The first-order valence-electron chi connectivity index (χ1n) is 12.6. The van der Waals surface area contributed by atoms with Crippen LogP contribution in [0.25, 0.3) is 0 Å². The zero-order valence-corrected chi connectivity index (χ0v) is 24.7. The molecule has 0 fully saturated rings. The van der Waals surface area contributed by atoms with Crippen LogP contribution in [-0.2, 0) is 32.6 Å². The Morgan fingerprint density at radius 3 is 2.15 bits per heavy atom. The van der Waals surface area contributed by atoms with Gasteiger partial charge in [0.15, 0.2) is 0 Å². The third-order valence-corrected chi connectivity index (χ3v) is 8.70. The molecule has 0 aromatic heterocycles. The number of rotatable bonds is 11. The fraction of sp³-hybridized carbons (Fsp3) is 0.310.